The average molecular weight is 190 g/mol. The zero-order chi connectivity index (χ0) is 10.6. The average Bonchev–Trinajstić information content (AvgIpc) is 2.19. The number of aryl methyl sites for hydroxylation is 1. The third-order valence-corrected chi connectivity index (χ3v) is 1.98. The maximum absolute atomic E-state index is 9.34. The molecule has 0 fully saturated rings. The van der Waals surface area contributed by atoms with Crippen molar-refractivity contribution < 1.29 is 5.11 Å². The molecule has 3 heteroatoms. The monoisotopic (exact) mass is 190 g/mol. The van der Waals surface area contributed by atoms with Crippen LogP contribution in [-0.2, 0) is 0 Å². The predicted octanol–water partition coefficient (Wildman–Crippen LogP) is 1.70. The van der Waals surface area contributed by atoms with Crippen molar-refractivity contribution in [3.8, 4) is 5.75 Å². The molecule has 3 N–H and O–H groups in total. The van der Waals surface area contributed by atoms with Gasteiger partial charge in [0.25, 0.3) is 0 Å². The molecule has 14 heavy (non-hydrogen) atoms. The van der Waals surface area contributed by atoms with Crippen LogP contribution < -0.4 is 5.73 Å². The fourth-order valence-corrected chi connectivity index (χ4v) is 1.19. The number of rotatable bonds is 2. The molecular weight excluding hydrogens is 176 g/mol. The van der Waals surface area contributed by atoms with Gasteiger partial charge < -0.3 is 10.8 Å². The van der Waals surface area contributed by atoms with Crippen molar-refractivity contribution in [1.29, 1.82) is 0 Å². The van der Waals surface area contributed by atoms with Crippen molar-refractivity contribution in [3.05, 3.63) is 35.5 Å². The SMILES string of the molecule is CN=CC(=CN)c1ccc(O)c(C)c1. The Kier molecular flexibility index (Phi) is 3.29. The lowest BCUT2D eigenvalue weighted by molar-refractivity contribution is 0.471. The first-order valence-corrected chi connectivity index (χ1v) is 4.33. The van der Waals surface area contributed by atoms with Crippen LogP contribution in [0.25, 0.3) is 5.57 Å². The molecule has 0 heterocycles. The molecule has 0 aliphatic rings. The van der Waals surface area contributed by atoms with Gasteiger partial charge in [-0.2, -0.15) is 0 Å². The van der Waals surface area contributed by atoms with E-state index in [1.165, 1.54) is 6.20 Å². The zero-order valence-electron chi connectivity index (χ0n) is 8.36. The second-order valence-electron chi connectivity index (χ2n) is 3.01. The van der Waals surface area contributed by atoms with E-state index in [9.17, 15) is 5.11 Å². The number of nitrogens with zero attached hydrogens (tertiary/aromatic N) is 1. The zero-order valence-corrected chi connectivity index (χ0v) is 8.36. The Bertz CT molecular complexity index is 381. The molecule has 0 atom stereocenters. The van der Waals surface area contributed by atoms with Gasteiger partial charge in [-0.05, 0) is 30.2 Å². The summed E-state index contributed by atoms with van der Waals surface area (Å²) in [6.45, 7) is 1.84. The summed E-state index contributed by atoms with van der Waals surface area (Å²) in [6, 6.07) is 5.33. The maximum atomic E-state index is 9.34. The summed E-state index contributed by atoms with van der Waals surface area (Å²) in [5, 5.41) is 9.34. The molecule has 74 valence electrons. The van der Waals surface area contributed by atoms with Gasteiger partial charge in [-0.15, -0.1) is 0 Å². The van der Waals surface area contributed by atoms with Crippen LogP contribution in [-0.4, -0.2) is 18.4 Å². The quantitative estimate of drug-likeness (QED) is 0.697. The number of nitrogens with two attached hydrogens (primary N) is 1. The molecule has 1 aromatic carbocycles. The molecule has 0 unspecified atom stereocenters. The van der Waals surface area contributed by atoms with Crippen molar-refractivity contribution in [1.82, 2.24) is 0 Å². The topological polar surface area (TPSA) is 58.6 Å². The Labute approximate surface area is 83.6 Å². The maximum Gasteiger partial charge on any atom is 0.118 e. The Morgan fingerprint density at radius 2 is 2.21 bits per heavy atom. The second kappa shape index (κ2) is 4.46. The molecular formula is C11H14N2O. The molecule has 0 aromatic heterocycles. The van der Waals surface area contributed by atoms with Crippen molar-refractivity contribution in [2.75, 3.05) is 7.05 Å². The van der Waals surface area contributed by atoms with E-state index in [1.807, 2.05) is 19.1 Å². The van der Waals surface area contributed by atoms with E-state index in [1.54, 1.807) is 19.3 Å². The smallest absolute Gasteiger partial charge is 0.118 e. The first-order chi connectivity index (χ1) is 6.69. The second-order valence-corrected chi connectivity index (χ2v) is 3.01. The van der Waals surface area contributed by atoms with Crippen molar-refractivity contribution >= 4 is 11.8 Å². The number of benzene rings is 1. The van der Waals surface area contributed by atoms with Crippen LogP contribution in [0.1, 0.15) is 11.1 Å². The molecule has 3 nitrogen and oxygen atoms in total. The number of hydrogen-bond donors (Lipinski definition) is 2. The van der Waals surface area contributed by atoms with Crippen LogP contribution in [0.3, 0.4) is 0 Å². The lowest BCUT2D eigenvalue weighted by atomic mass is 10.0. The number of aromatic hydroxyl groups is 1. The van der Waals surface area contributed by atoms with Crippen LogP contribution in [0.2, 0.25) is 0 Å². The standard InChI is InChI=1S/C11H14N2O/c1-8-5-9(3-4-11(8)14)10(6-12)7-13-2/h3-7,14H,12H2,1-2H3. The molecule has 0 bridgehead atoms. The molecule has 0 aliphatic carbocycles. The number of aliphatic imine (C=N–C) groups is 1. The Hall–Kier alpha value is -1.77. The first kappa shape index (κ1) is 10.3. The molecule has 0 saturated carbocycles. The lowest BCUT2D eigenvalue weighted by Gasteiger charge is -2.04. The van der Waals surface area contributed by atoms with Gasteiger partial charge in [0.15, 0.2) is 0 Å². The summed E-state index contributed by atoms with van der Waals surface area (Å²) < 4.78 is 0. The van der Waals surface area contributed by atoms with Gasteiger partial charge >= 0.3 is 0 Å². The number of phenolic OH excluding ortho intramolecular Hbond substituents is 1. The van der Waals surface area contributed by atoms with E-state index < -0.39 is 0 Å². The van der Waals surface area contributed by atoms with E-state index in [2.05, 4.69) is 4.99 Å². The van der Waals surface area contributed by atoms with Crippen molar-refractivity contribution in [2.45, 2.75) is 6.92 Å². The Morgan fingerprint density at radius 1 is 1.50 bits per heavy atom. The summed E-state index contributed by atoms with van der Waals surface area (Å²) in [5.41, 5.74) is 8.08. The number of hydrogen-bond acceptors (Lipinski definition) is 3. The van der Waals surface area contributed by atoms with E-state index in [0.717, 1.165) is 16.7 Å². The summed E-state index contributed by atoms with van der Waals surface area (Å²) in [6.07, 6.45) is 3.19. The largest absolute Gasteiger partial charge is 0.508 e. The van der Waals surface area contributed by atoms with E-state index >= 15 is 0 Å². The minimum Gasteiger partial charge on any atom is -0.508 e. The van der Waals surface area contributed by atoms with E-state index in [0.29, 0.717) is 5.75 Å². The lowest BCUT2D eigenvalue weighted by Crippen LogP contribution is -1.91. The fraction of sp³-hybridized carbons (Fsp3) is 0.182. The summed E-state index contributed by atoms with van der Waals surface area (Å²) >= 11 is 0. The molecule has 1 rings (SSSR count). The van der Waals surface area contributed by atoms with Crippen molar-refractivity contribution in [2.24, 2.45) is 10.7 Å². The van der Waals surface area contributed by atoms with Gasteiger partial charge in [0.1, 0.15) is 5.75 Å². The third-order valence-electron chi connectivity index (χ3n) is 1.98. The van der Waals surface area contributed by atoms with Gasteiger partial charge in [-0.25, -0.2) is 0 Å². The number of allylic oxidation sites excluding steroid dienone is 1. The first-order valence-electron chi connectivity index (χ1n) is 4.33. The highest BCUT2D eigenvalue weighted by Gasteiger charge is 2.01. The van der Waals surface area contributed by atoms with Crippen LogP contribution >= 0.6 is 0 Å². The van der Waals surface area contributed by atoms with Gasteiger partial charge in [0, 0.05) is 25.0 Å². The minimum atomic E-state index is 0.290. The highest BCUT2D eigenvalue weighted by Crippen LogP contribution is 2.20. The Balaban J connectivity index is 3.13. The summed E-state index contributed by atoms with van der Waals surface area (Å²) in [7, 11) is 1.69. The van der Waals surface area contributed by atoms with Crippen LogP contribution in [0.5, 0.6) is 5.75 Å². The molecule has 0 spiro atoms. The minimum absolute atomic E-state index is 0.290. The van der Waals surface area contributed by atoms with Gasteiger partial charge in [0.05, 0.1) is 0 Å². The number of phenols is 1. The highest BCUT2D eigenvalue weighted by atomic mass is 16.3. The van der Waals surface area contributed by atoms with Crippen molar-refractivity contribution in [3.63, 3.8) is 0 Å². The molecule has 0 radical (unpaired) electrons. The van der Waals surface area contributed by atoms with Gasteiger partial charge in [0.2, 0.25) is 0 Å². The van der Waals surface area contributed by atoms with Gasteiger partial charge in [-0.1, -0.05) is 6.07 Å². The van der Waals surface area contributed by atoms with Crippen LogP contribution in [0, 0.1) is 6.92 Å². The van der Waals surface area contributed by atoms with E-state index in [-0.39, 0.29) is 0 Å². The predicted molar refractivity (Wildman–Crippen MR) is 59.4 cm³/mol. The summed E-state index contributed by atoms with van der Waals surface area (Å²) in [5.74, 6) is 0.290. The summed E-state index contributed by atoms with van der Waals surface area (Å²) in [4.78, 5) is 3.90. The van der Waals surface area contributed by atoms with Crippen LogP contribution in [0.4, 0.5) is 0 Å². The molecule has 1 aromatic rings. The van der Waals surface area contributed by atoms with E-state index in [4.69, 9.17) is 5.73 Å². The van der Waals surface area contributed by atoms with Crippen LogP contribution in [0.15, 0.2) is 29.4 Å². The third kappa shape index (κ3) is 2.13. The normalized spacial score (nSPS) is 12.3. The fourth-order valence-electron chi connectivity index (χ4n) is 1.19. The molecule has 0 saturated heterocycles. The Morgan fingerprint density at radius 3 is 2.71 bits per heavy atom. The van der Waals surface area contributed by atoms with Gasteiger partial charge in [-0.3, -0.25) is 4.99 Å². The highest BCUT2D eigenvalue weighted by molar-refractivity contribution is 6.09. The molecule has 0 aliphatic heterocycles. The molecule has 0 amide bonds.